The van der Waals surface area contributed by atoms with Gasteiger partial charge in [0.25, 0.3) is 0 Å². The number of nitrogens with one attached hydrogen (secondary N) is 1. The number of hydrogen-bond acceptors (Lipinski definition) is 6. The van der Waals surface area contributed by atoms with Gasteiger partial charge in [-0.1, -0.05) is 6.92 Å². The summed E-state index contributed by atoms with van der Waals surface area (Å²) in [4.78, 5) is 35.3. The maximum absolute atomic E-state index is 13.1. The van der Waals surface area contributed by atoms with Crippen LogP contribution in [0.15, 0.2) is 30.7 Å². The number of halogens is 3. The number of likely N-dealkylation sites (tertiary alicyclic amines) is 1. The van der Waals surface area contributed by atoms with E-state index in [4.69, 9.17) is 5.73 Å². The van der Waals surface area contributed by atoms with E-state index < -0.39 is 29.6 Å². The molecule has 3 N–H and O–H groups in total. The number of rotatable bonds is 2. The van der Waals surface area contributed by atoms with Gasteiger partial charge in [0.15, 0.2) is 0 Å². The first-order valence-corrected chi connectivity index (χ1v) is 10.3. The number of fused-ring (bicyclic) bond motifs is 1. The number of carbonyl (C=O) groups is 2. The summed E-state index contributed by atoms with van der Waals surface area (Å²) in [6, 6.07) is 1.58. The van der Waals surface area contributed by atoms with Crippen LogP contribution in [0.4, 0.5) is 24.7 Å². The predicted octanol–water partition coefficient (Wildman–Crippen LogP) is 2.90. The van der Waals surface area contributed by atoms with Crippen molar-refractivity contribution in [1.29, 1.82) is 0 Å². The summed E-state index contributed by atoms with van der Waals surface area (Å²) in [5.74, 6) is -1.34. The van der Waals surface area contributed by atoms with E-state index in [2.05, 4.69) is 20.4 Å². The van der Waals surface area contributed by atoms with Gasteiger partial charge in [0.05, 0.1) is 35.4 Å². The monoisotopic (exact) mass is 461 g/mol. The molecule has 4 heterocycles. The van der Waals surface area contributed by atoms with Gasteiger partial charge in [-0.3, -0.25) is 19.3 Å². The highest BCUT2D eigenvalue weighted by atomic mass is 19.4. The molecule has 33 heavy (non-hydrogen) atoms. The third-order valence-electron chi connectivity index (χ3n) is 5.78. The Balaban J connectivity index is 1.58. The zero-order valence-corrected chi connectivity index (χ0v) is 17.9. The zero-order chi connectivity index (χ0) is 23.9. The number of pyridine rings is 2. The molecule has 9 nitrogen and oxygen atoms in total. The normalized spacial score (nSPS) is 19.0. The molecule has 174 valence electrons. The van der Waals surface area contributed by atoms with Crippen LogP contribution in [-0.4, -0.2) is 43.0 Å². The standard InChI is InChI=1S/C21H22F3N7O2/c1-11-3-6-16(14-5-4-12(7-26-14)21(22,23)24)31(10-11)20(33)19(32)29-15-9-27-18(25)17-13(15)8-28-30(17)2/h4-5,7-9,11,16H,3,6,10H2,1-2H3,(H2,25,27)(H,29,32). The van der Waals surface area contributed by atoms with E-state index >= 15 is 0 Å². The Kier molecular flexibility index (Phi) is 5.68. The Hall–Kier alpha value is -3.70. The van der Waals surface area contributed by atoms with E-state index in [0.717, 1.165) is 18.7 Å². The largest absolute Gasteiger partial charge is 0.417 e. The van der Waals surface area contributed by atoms with Crippen molar-refractivity contribution >= 4 is 34.2 Å². The number of aromatic nitrogens is 4. The van der Waals surface area contributed by atoms with Crippen LogP contribution in [0.3, 0.4) is 0 Å². The molecule has 0 radical (unpaired) electrons. The number of carbonyl (C=O) groups excluding carboxylic acids is 2. The van der Waals surface area contributed by atoms with Crippen molar-refractivity contribution in [2.24, 2.45) is 13.0 Å². The van der Waals surface area contributed by atoms with Crippen molar-refractivity contribution in [2.45, 2.75) is 32.0 Å². The van der Waals surface area contributed by atoms with Gasteiger partial charge in [-0.25, -0.2) is 4.98 Å². The van der Waals surface area contributed by atoms with Crippen molar-refractivity contribution in [1.82, 2.24) is 24.6 Å². The summed E-state index contributed by atoms with van der Waals surface area (Å²) < 4.78 is 40.2. The number of nitrogens with two attached hydrogens (primary N) is 1. The van der Waals surface area contributed by atoms with Gasteiger partial charge in [0.1, 0.15) is 11.3 Å². The second-order valence-electron chi connectivity index (χ2n) is 8.17. The van der Waals surface area contributed by atoms with Gasteiger partial charge in [-0.2, -0.15) is 18.3 Å². The van der Waals surface area contributed by atoms with Crippen LogP contribution in [0.2, 0.25) is 0 Å². The lowest BCUT2D eigenvalue weighted by molar-refractivity contribution is -0.146. The topological polar surface area (TPSA) is 119 Å². The predicted molar refractivity (Wildman–Crippen MR) is 114 cm³/mol. The number of anilines is 2. The van der Waals surface area contributed by atoms with Crippen molar-refractivity contribution in [3.8, 4) is 0 Å². The van der Waals surface area contributed by atoms with Crippen LogP contribution in [0.5, 0.6) is 0 Å². The molecule has 12 heteroatoms. The molecule has 2 unspecified atom stereocenters. The number of nitrogens with zero attached hydrogens (tertiary/aromatic N) is 5. The summed E-state index contributed by atoms with van der Waals surface area (Å²) in [7, 11) is 1.67. The molecule has 1 aliphatic rings. The van der Waals surface area contributed by atoms with Gasteiger partial charge in [-0.05, 0) is 30.9 Å². The first kappa shape index (κ1) is 22.5. The summed E-state index contributed by atoms with van der Waals surface area (Å²) in [6.07, 6.45) is 0.317. The summed E-state index contributed by atoms with van der Waals surface area (Å²) in [5, 5.41) is 7.20. The van der Waals surface area contributed by atoms with Gasteiger partial charge in [0.2, 0.25) is 0 Å². The number of nitrogen functional groups attached to an aromatic ring is 1. The number of piperidine rings is 1. The first-order valence-electron chi connectivity index (χ1n) is 10.3. The van der Waals surface area contributed by atoms with E-state index in [1.165, 1.54) is 28.0 Å². The molecule has 2 amide bonds. The lowest BCUT2D eigenvalue weighted by atomic mass is 9.91. The average molecular weight is 461 g/mol. The lowest BCUT2D eigenvalue weighted by Crippen LogP contribution is -2.46. The zero-order valence-electron chi connectivity index (χ0n) is 17.9. The van der Waals surface area contributed by atoms with E-state index in [-0.39, 0.29) is 24.0 Å². The van der Waals surface area contributed by atoms with Crippen molar-refractivity contribution in [3.05, 3.63) is 42.0 Å². The average Bonchev–Trinajstić information content (AvgIpc) is 3.17. The fraction of sp³-hybridized carbons (Fsp3) is 0.381. The second-order valence-corrected chi connectivity index (χ2v) is 8.17. The van der Waals surface area contributed by atoms with Crippen molar-refractivity contribution < 1.29 is 22.8 Å². The van der Waals surface area contributed by atoms with Crippen molar-refractivity contribution in [3.63, 3.8) is 0 Å². The van der Waals surface area contributed by atoms with E-state index in [0.29, 0.717) is 23.0 Å². The second kappa shape index (κ2) is 8.34. The number of alkyl halides is 3. The van der Waals surface area contributed by atoms with E-state index in [9.17, 15) is 22.8 Å². The summed E-state index contributed by atoms with van der Waals surface area (Å²) >= 11 is 0. The molecule has 4 rings (SSSR count). The van der Waals surface area contributed by atoms with Gasteiger partial charge in [0, 0.05) is 25.2 Å². The fourth-order valence-electron chi connectivity index (χ4n) is 4.06. The molecule has 1 saturated heterocycles. The molecule has 3 aromatic heterocycles. The maximum atomic E-state index is 13.1. The molecule has 0 spiro atoms. The molecule has 0 aliphatic carbocycles. The van der Waals surface area contributed by atoms with Crippen LogP contribution in [-0.2, 0) is 22.8 Å². The highest BCUT2D eigenvalue weighted by Crippen LogP contribution is 2.35. The quantitative estimate of drug-likeness (QED) is 0.567. The lowest BCUT2D eigenvalue weighted by Gasteiger charge is -2.38. The fourth-order valence-corrected chi connectivity index (χ4v) is 4.06. The minimum absolute atomic E-state index is 0.121. The number of amides is 2. The van der Waals surface area contributed by atoms with Crippen LogP contribution in [0.1, 0.15) is 37.1 Å². The van der Waals surface area contributed by atoms with E-state index in [1.807, 2.05) is 6.92 Å². The SMILES string of the molecule is CC1CCC(c2ccc(C(F)(F)F)cn2)N(C(=O)C(=O)Nc2cnc(N)c3c2cnn3C)C1. The number of hydrogen-bond donors (Lipinski definition) is 2. The third-order valence-corrected chi connectivity index (χ3v) is 5.78. The Bertz CT molecular complexity index is 1210. The molecular weight excluding hydrogens is 439 g/mol. The van der Waals surface area contributed by atoms with Gasteiger partial charge < -0.3 is 16.0 Å². The van der Waals surface area contributed by atoms with Gasteiger partial charge >= 0.3 is 18.0 Å². The maximum Gasteiger partial charge on any atom is 0.417 e. The molecule has 1 aliphatic heterocycles. The molecule has 1 fully saturated rings. The van der Waals surface area contributed by atoms with Crippen LogP contribution < -0.4 is 11.1 Å². The minimum Gasteiger partial charge on any atom is -0.382 e. The van der Waals surface area contributed by atoms with E-state index in [1.54, 1.807) is 7.05 Å². The van der Waals surface area contributed by atoms with Crippen molar-refractivity contribution in [2.75, 3.05) is 17.6 Å². The van der Waals surface area contributed by atoms with Gasteiger partial charge in [-0.15, -0.1) is 0 Å². The van der Waals surface area contributed by atoms with Crippen LogP contribution in [0.25, 0.3) is 10.9 Å². The molecule has 0 aromatic carbocycles. The first-order chi connectivity index (χ1) is 15.6. The minimum atomic E-state index is -4.51. The Morgan fingerprint density at radius 1 is 1.15 bits per heavy atom. The summed E-state index contributed by atoms with van der Waals surface area (Å²) in [6.45, 7) is 2.22. The van der Waals surface area contributed by atoms with Crippen LogP contribution >= 0.6 is 0 Å². The van der Waals surface area contributed by atoms with Crippen LogP contribution in [0, 0.1) is 5.92 Å². The Morgan fingerprint density at radius 2 is 1.91 bits per heavy atom. The molecule has 0 bridgehead atoms. The molecular formula is C21H22F3N7O2. The summed E-state index contributed by atoms with van der Waals surface area (Å²) in [5.41, 5.74) is 6.10. The Labute approximate surface area is 186 Å². The molecule has 0 saturated carbocycles. The molecule has 2 atom stereocenters. The Morgan fingerprint density at radius 3 is 2.58 bits per heavy atom. The molecule has 3 aromatic rings. The highest BCUT2D eigenvalue weighted by molar-refractivity contribution is 6.40. The highest BCUT2D eigenvalue weighted by Gasteiger charge is 2.36. The number of aryl methyl sites for hydroxylation is 1. The smallest absolute Gasteiger partial charge is 0.382 e. The third kappa shape index (κ3) is 4.32.